The van der Waals surface area contributed by atoms with Gasteiger partial charge in [-0.25, -0.2) is 9.18 Å². The fourth-order valence-corrected chi connectivity index (χ4v) is 2.15. The fourth-order valence-electron chi connectivity index (χ4n) is 2.15. The molecule has 2 rings (SSSR count). The molecule has 0 radical (unpaired) electrons. The third kappa shape index (κ3) is 3.55. The van der Waals surface area contributed by atoms with Gasteiger partial charge < -0.3 is 19.9 Å². The van der Waals surface area contributed by atoms with E-state index in [4.69, 9.17) is 14.7 Å². The van der Waals surface area contributed by atoms with Gasteiger partial charge in [0.2, 0.25) is 0 Å². The van der Waals surface area contributed by atoms with Crippen molar-refractivity contribution in [3.8, 4) is 17.6 Å². The average molecular weight is 330 g/mol. The molecule has 6 nitrogen and oxygen atoms in total. The van der Waals surface area contributed by atoms with Gasteiger partial charge in [0, 0.05) is 17.3 Å². The Morgan fingerprint density at radius 3 is 2.42 bits per heavy atom. The molecule has 1 atom stereocenters. The van der Waals surface area contributed by atoms with Gasteiger partial charge in [0.1, 0.15) is 5.75 Å². The van der Waals surface area contributed by atoms with Gasteiger partial charge in [-0.05, 0) is 30.3 Å². The summed E-state index contributed by atoms with van der Waals surface area (Å²) < 4.78 is 24.5. The maximum Gasteiger partial charge on any atom is 0.330 e. The first-order valence-corrected chi connectivity index (χ1v) is 6.91. The number of carboxylic acids is 1. The van der Waals surface area contributed by atoms with Gasteiger partial charge in [-0.2, -0.15) is 5.26 Å². The first-order chi connectivity index (χ1) is 11.5. The molecule has 24 heavy (non-hydrogen) atoms. The van der Waals surface area contributed by atoms with E-state index >= 15 is 0 Å². The molecule has 0 saturated heterocycles. The fraction of sp³-hybridized carbons (Fsp3) is 0.176. The minimum Gasteiger partial charge on any atom is -0.497 e. The van der Waals surface area contributed by atoms with Crippen molar-refractivity contribution < 1.29 is 23.8 Å². The zero-order chi connectivity index (χ0) is 17.7. The number of carbonyl (C=O) groups is 1. The lowest BCUT2D eigenvalue weighted by Crippen LogP contribution is -2.22. The summed E-state index contributed by atoms with van der Waals surface area (Å²) in [6, 6.07) is 9.39. The molecule has 0 bridgehead atoms. The molecule has 0 fully saturated rings. The van der Waals surface area contributed by atoms with Gasteiger partial charge in [-0.3, -0.25) is 0 Å². The number of nitrogens with one attached hydrogen (secondary N) is 1. The molecule has 7 heteroatoms. The van der Waals surface area contributed by atoms with Crippen LogP contribution in [0.25, 0.3) is 0 Å². The first kappa shape index (κ1) is 17.1. The molecule has 2 aromatic carbocycles. The molecule has 2 aromatic rings. The van der Waals surface area contributed by atoms with Crippen LogP contribution in [-0.2, 0) is 4.79 Å². The highest BCUT2D eigenvalue weighted by molar-refractivity contribution is 5.80. The highest BCUT2D eigenvalue weighted by Crippen LogP contribution is 2.32. The summed E-state index contributed by atoms with van der Waals surface area (Å²) in [5, 5.41) is 21.0. The Bertz CT molecular complexity index is 784. The third-order valence-electron chi connectivity index (χ3n) is 3.38. The number of benzene rings is 2. The molecule has 0 aliphatic carbocycles. The zero-order valence-corrected chi connectivity index (χ0v) is 13.0. The maximum atomic E-state index is 14.5. The van der Waals surface area contributed by atoms with Crippen LogP contribution >= 0.6 is 0 Å². The predicted octanol–water partition coefficient (Wildman–Crippen LogP) is 2.95. The van der Waals surface area contributed by atoms with Gasteiger partial charge in [-0.1, -0.05) is 0 Å². The summed E-state index contributed by atoms with van der Waals surface area (Å²) in [4.78, 5) is 11.6. The van der Waals surface area contributed by atoms with Gasteiger partial charge in [-0.15, -0.1) is 0 Å². The van der Waals surface area contributed by atoms with Crippen molar-refractivity contribution in [2.45, 2.75) is 6.04 Å². The van der Waals surface area contributed by atoms with E-state index in [1.807, 2.05) is 6.07 Å². The minimum absolute atomic E-state index is 0.114. The van der Waals surface area contributed by atoms with E-state index < -0.39 is 17.8 Å². The summed E-state index contributed by atoms with van der Waals surface area (Å²) in [6.45, 7) is 0. The molecule has 0 aliphatic heterocycles. The molecule has 0 saturated carbocycles. The van der Waals surface area contributed by atoms with Crippen LogP contribution < -0.4 is 14.8 Å². The van der Waals surface area contributed by atoms with E-state index in [0.29, 0.717) is 11.3 Å². The molecule has 0 spiro atoms. The lowest BCUT2D eigenvalue weighted by molar-refractivity contribution is -0.138. The van der Waals surface area contributed by atoms with Gasteiger partial charge in [0.15, 0.2) is 17.6 Å². The van der Waals surface area contributed by atoms with Gasteiger partial charge in [0.05, 0.1) is 25.9 Å². The summed E-state index contributed by atoms with van der Waals surface area (Å²) in [7, 11) is 2.67. The Morgan fingerprint density at radius 1 is 1.25 bits per heavy atom. The Morgan fingerprint density at radius 2 is 1.92 bits per heavy atom. The Labute approximate surface area is 138 Å². The first-order valence-electron chi connectivity index (χ1n) is 6.91. The number of hydrogen-bond donors (Lipinski definition) is 2. The molecular weight excluding hydrogens is 315 g/mol. The Balaban J connectivity index is 2.43. The highest BCUT2D eigenvalue weighted by atomic mass is 19.1. The van der Waals surface area contributed by atoms with E-state index in [1.165, 1.54) is 38.5 Å². The van der Waals surface area contributed by atoms with Crippen LogP contribution in [0.15, 0.2) is 36.4 Å². The molecule has 0 amide bonds. The van der Waals surface area contributed by atoms with Crippen LogP contribution in [0.5, 0.6) is 11.5 Å². The molecule has 0 aliphatic rings. The van der Waals surface area contributed by atoms with E-state index in [9.17, 15) is 14.3 Å². The van der Waals surface area contributed by atoms with Crippen LogP contribution in [0.4, 0.5) is 10.1 Å². The number of halogens is 1. The maximum absolute atomic E-state index is 14.5. The van der Waals surface area contributed by atoms with Crippen molar-refractivity contribution in [3.05, 3.63) is 53.3 Å². The number of hydrogen-bond acceptors (Lipinski definition) is 5. The highest BCUT2D eigenvalue weighted by Gasteiger charge is 2.26. The van der Waals surface area contributed by atoms with E-state index in [0.717, 1.165) is 0 Å². The SMILES string of the molecule is COc1cc(OC)c(F)c(C(Nc2ccc(C#N)cc2)C(=O)O)c1. The molecule has 2 N–H and O–H groups in total. The number of methoxy groups -OCH3 is 2. The Kier molecular flexibility index (Phi) is 5.22. The summed E-state index contributed by atoms with van der Waals surface area (Å²) >= 11 is 0. The second-order valence-electron chi connectivity index (χ2n) is 4.84. The molecule has 0 heterocycles. The average Bonchev–Trinajstić information content (AvgIpc) is 2.60. The molecule has 124 valence electrons. The van der Waals surface area contributed by atoms with Crippen molar-refractivity contribution in [1.29, 1.82) is 5.26 Å². The van der Waals surface area contributed by atoms with Gasteiger partial charge >= 0.3 is 5.97 Å². The van der Waals surface area contributed by atoms with Crippen LogP contribution in [0.2, 0.25) is 0 Å². The second-order valence-corrected chi connectivity index (χ2v) is 4.84. The topological polar surface area (TPSA) is 91.6 Å². The number of carboxylic acid groups (broad SMARTS) is 1. The van der Waals surface area contributed by atoms with Crippen LogP contribution in [0, 0.1) is 17.1 Å². The van der Waals surface area contributed by atoms with E-state index in [1.54, 1.807) is 12.1 Å². The quantitative estimate of drug-likeness (QED) is 0.846. The van der Waals surface area contributed by atoms with Crippen molar-refractivity contribution >= 4 is 11.7 Å². The summed E-state index contributed by atoms with van der Waals surface area (Å²) in [6.07, 6.45) is 0. The standard InChI is InChI=1S/C17H15FN2O4/c1-23-12-7-13(15(18)14(8-12)24-2)16(17(21)22)20-11-5-3-10(9-19)4-6-11/h3-8,16,20H,1-2H3,(H,21,22). The van der Waals surface area contributed by atoms with Crippen molar-refractivity contribution in [2.24, 2.45) is 0 Å². The van der Waals surface area contributed by atoms with Crippen LogP contribution in [-0.4, -0.2) is 25.3 Å². The zero-order valence-electron chi connectivity index (χ0n) is 13.0. The minimum atomic E-state index is -1.36. The normalized spacial score (nSPS) is 11.2. The van der Waals surface area contributed by atoms with Gasteiger partial charge in [0.25, 0.3) is 0 Å². The number of anilines is 1. The van der Waals surface area contributed by atoms with E-state index in [-0.39, 0.29) is 17.1 Å². The third-order valence-corrected chi connectivity index (χ3v) is 3.38. The molecule has 1 unspecified atom stereocenters. The number of rotatable bonds is 6. The van der Waals surface area contributed by atoms with Crippen molar-refractivity contribution in [2.75, 3.05) is 19.5 Å². The summed E-state index contributed by atoms with van der Waals surface area (Å²) in [5.74, 6) is -1.89. The lowest BCUT2D eigenvalue weighted by atomic mass is 10.0. The van der Waals surface area contributed by atoms with Crippen molar-refractivity contribution in [1.82, 2.24) is 0 Å². The number of ether oxygens (including phenoxy) is 2. The second kappa shape index (κ2) is 7.33. The number of nitriles is 1. The number of aliphatic carboxylic acids is 1. The van der Waals surface area contributed by atoms with Crippen LogP contribution in [0.3, 0.4) is 0 Å². The predicted molar refractivity (Wildman–Crippen MR) is 84.7 cm³/mol. The Hall–Kier alpha value is -3.27. The molecule has 0 aromatic heterocycles. The van der Waals surface area contributed by atoms with Crippen LogP contribution in [0.1, 0.15) is 17.2 Å². The largest absolute Gasteiger partial charge is 0.497 e. The lowest BCUT2D eigenvalue weighted by Gasteiger charge is -2.19. The molecular formula is C17H15FN2O4. The van der Waals surface area contributed by atoms with E-state index in [2.05, 4.69) is 5.32 Å². The summed E-state index contributed by atoms with van der Waals surface area (Å²) in [5.41, 5.74) is 0.743. The smallest absolute Gasteiger partial charge is 0.330 e. The monoisotopic (exact) mass is 330 g/mol. The van der Waals surface area contributed by atoms with Crippen molar-refractivity contribution in [3.63, 3.8) is 0 Å². The number of nitrogens with zero attached hydrogens (tertiary/aromatic N) is 1.